The third kappa shape index (κ3) is 2.17. The van der Waals surface area contributed by atoms with E-state index in [2.05, 4.69) is 19.9 Å². The molecule has 2 aromatic heterocycles. The molecule has 7 nitrogen and oxygen atoms in total. The molecule has 2 aromatic rings. The Bertz CT molecular complexity index is 545. The van der Waals surface area contributed by atoms with Crippen molar-refractivity contribution < 1.29 is 14.6 Å². The van der Waals surface area contributed by atoms with Crippen molar-refractivity contribution in [3.63, 3.8) is 0 Å². The molecule has 0 radical (unpaired) electrons. The number of nitrogens with zero attached hydrogens (tertiary/aromatic N) is 4. The molecule has 0 aliphatic rings. The minimum absolute atomic E-state index is 0.109. The van der Waals surface area contributed by atoms with Gasteiger partial charge in [0, 0.05) is 12.4 Å². The van der Waals surface area contributed by atoms with Crippen molar-refractivity contribution in [2.75, 3.05) is 7.11 Å². The van der Waals surface area contributed by atoms with Crippen molar-refractivity contribution in [1.29, 1.82) is 0 Å². The fraction of sp³-hybridized carbons (Fsp3) is 0.100. The van der Waals surface area contributed by atoms with Crippen molar-refractivity contribution in [1.82, 2.24) is 19.9 Å². The standard InChI is InChI=1S/C10H8N4O3/c1-17-7-4-13-9(14-8(7)10(15)16)6-2-11-5-12-3-6/h2-5H,1H3,(H,15,16). The second-order valence-corrected chi connectivity index (χ2v) is 3.04. The van der Waals surface area contributed by atoms with Crippen LogP contribution in [-0.2, 0) is 0 Å². The molecule has 0 aliphatic heterocycles. The van der Waals surface area contributed by atoms with E-state index >= 15 is 0 Å². The third-order valence-electron chi connectivity index (χ3n) is 2.00. The van der Waals surface area contributed by atoms with Gasteiger partial charge in [-0.15, -0.1) is 0 Å². The van der Waals surface area contributed by atoms with Gasteiger partial charge in [0.2, 0.25) is 0 Å². The first-order valence-corrected chi connectivity index (χ1v) is 4.62. The lowest BCUT2D eigenvalue weighted by molar-refractivity contribution is 0.0686. The first kappa shape index (κ1) is 10.9. The Morgan fingerprint density at radius 3 is 2.59 bits per heavy atom. The predicted molar refractivity (Wildman–Crippen MR) is 56.6 cm³/mol. The predicted octanol–water partition coefficient (Wildman–Crippen LogP) is 0.640. The summed E-state index contributed by atoms with van der Waals surface area (Å²) in [6.07, 6.45) is 5.67. The van der Waals surface area contributed by atoms with E-state index in [0.717, 1.165) is 0 Å². The van der Waals surface area contributed by atoms with E-state index in [9.17, 15) is 4.79 Å². The van der Waals surface area contributed by atoms with Crippen LogP contribution in [0, 0.1) is 0 Å². The summed E-state index contributed by atoms with van der Waals surface area (Å²) in [5.41, 5.74) is 0.346. The summed E-state index contributed by atoms with van der Waals surface area (Å²) in [5.74, 6) is -0.829. The van der Waals surface area contributed by atoms with Gasteiger partial charge in [0.25, 0.3) is 0 Å². The summed E-state index contributed by atoms with van der Waals surface area (Å²) >= 11 is 0. The van der Waals surface area contributed by atoms with Crippen molar-refractivity contribution in [3.05, 3.63) is 30.6 Å². The highest BCUT2D eigenvalue weighted by molar-refractivity contribution is 5.88. The zero-order chi connectivity index (χ0) is 12.3. The fourth-order valence-corrected chi connectivity index (χ4v) is 1.23. The number of rotatable bonds is 3. The largest absolute Gasteiger partial charge is 0.493 e. The van der Waals surface area contributed by atoms with Crippen molar-refractivity contribution in [2.24, 2.45) is 0 Å². The molecule has 0 amide bonds. The Morgan fingerprint density at radius 1 is 1.29 bits per heavy atom. The Kier molecular flexibility index (Phi) is 2.91. The van der Waals surface area contributed by atoms with E-state index in [4.69, 9.17) is 9.84 Å². The highest BCUT2D eigenvalue weighted by atomic mass is 16.5. The lowest BCUT2D eigenvalue weighted by Crippen LogP contribution is -2.06. The Hall–Kier alpha value is -2.57. The summed E-state index contributed by atoms with van der Waals surface area (Å²) < 4.78 is 4.86. The van der Waals surface area contributed by atoms with Crippen LogP contribution in [0.2, 0.25) is 0 Å². The van der Waals surface area contributed by atoms with E-state index < -0.39 is 5.97 Å². The number of aromatic nitrogens is 4. The maximum Gasteiger partial charge on any atom is 0.358 e. The highest BCUT2D eigenvalue weighted by Gasteiger charge is 2.15. The quantitative estimate of drug-likeness (QED) is 0.828. The van der Waals surface area contributed by atoms with Gasteiger partial charge in [0.15, 0.2) is 17.3 Å². The molecule has 0 aromatic carbocycles. The average Bonchev–Trinajstić information content (AvgIpc) is 2.39. The van der Waals surface area contributed by atoms with Gasteiger partial charge in [-0.05, 0) is 0 Å². The smallest absolute Gasteiger partial charge is 0.358 e. The molecule has 0 unspecified atom stereocenters. The molecule has 1 N–H and O–H groups in total. The van der Waals surface area contributed by atoms with Gasteiger partial charge in [-0.2, -0.15) is 0 Å². The molecule has 0 spiro atoms. The van der Waals surface area contributed by atoms with Crippen molar-refractivity contribution in [3.8, 4) is 17.1 Å². The van der Waals surface area contributed by atoms with Gasteiger partial charge in [0.1, 0.15) is 6.33 Å². The van der Waals surface area contributed by atoms with Crippen LogP contribution in [0.15, 0.2) is 24.9 Å². The minimum atomic E-state index is -1.18. The fourth-order valence-electron chi connectivity index (χ4n) is 1.23. The molecular weight excluding hydrogens is 224 g/mol. The number of aromatic carboxylic acids is 1. The number of carboxylic acids is 1. The number of ether oxygens (including phenoxy) is 1. The van der Waals surface area contributed by atoms with Gasteiger partial charge >= 0.3 is 5.97 Å². The van der Waals surface area contributed by atoms with Crippen LogP contribution in [0.1, 0.15) is 10.5 Å². The highest BCUT2D eigenvalue weighted by Crippen LogP contribution is 2.19. The number of carboxylic acid groups (broad SMARTS) is 1. The topological polar surface area (TPSA) is 98.1 Å². The molecular formula is C10H8N4O3. The normalized spacial score (nSPS) is 9.94. The van der Waals surface area contributed by atoms with E-state index in [1.807, 2.05) is 0 Å². The monoisotopic (exact) mass is 232 g/mol. The average molecular weight is 232 g/mol. The lowest BCUT2D eigenvalue weighted by atomic mass is 10.3. The number of methoxy groups -OCH3 is 1. The van der Waals surface area contributed by atoms with Gasteiger partial charge in [-0.3, -0.25) is 0 Å². The molecule has 0 saturated heterocycles. The molecule has 0 atom stereocenters. The van der Waals surface area contributed by atoms with E-state index in [1.54, 1.807) is 0 Å². The Morgan fingerprint density at radius 2 is 2.00 bits per heavy atom. The minimum Gasteiger partial charge on any atom is -0.493 e. The zero-order valence-electron chi connectivity index (χ0n) is 8.86. The number of hydrogen-bond donors (Lipinski definition) is 1. The summed E-state index contributed by atoms with van der Waals surface area (Å²) in [6.45, 7) is 0. The van der Waals surface area contributed by atoms with Gasteiger partial charge < -0.3 is 9.84 Å². The number of hydrogen-bond acceptors (Lipinski definition) is 6. The van der Waals surface area contributed by atoms with E-state index in [0.29, 0.717) is 5.56 Å². The molecule has 0 bridgehead atoms. The first-order chi connectivity index (χ1) is 8.22. The van der Waals surface area contributed by atoms with Crippen LogP contribution in [0.4, 0.5) is 0 Å². The molecule has 2 rings (SSSR count). The van der Waals surface area contributed by atoms with Crippen LogP contribution < -0.4 is 4.74 Å². The molecule has 2 heterocycles. The van der Waals surface area contributed by atoms with E-state index in [1.165, 1.54) is 32.0 Å². The second kappa shape index (κ2) is 4.52. The lowest BCUT2D eigenvalue weighted by Gasteiger charge is -2.05. The zero-order valence-corrected chi connectivity index (χ0v) is 8.86. The van der Waals surface area contributed by atoms with Crippen LogP contribution in [0.3, 0.4) is 0 Å². The molecule has 17 heavy (non-hydrogen) atoms. The summed E-state index contributed by atoms with van der Waals surface area (Å²) in [7, 11) is 1.36. The third-order valence-corrected chi connectivity index (χ3v) is 2.00. The van der Waals surface area contributed by atoms with Gasteiger partial charge in [-0.1, -0.05) is 0 Å². The summed E-state index contributed by atoms with van der Waals surface area (Å²) in [5, 5.41) is 8.97. The maximum absolute atomic E-state index is 11.0. The van der Waals surface area contributed by atoms with Crippen molar-refractivity contribution >= 4 is 5.97 Å². The van der Waals surface area contributed by atoms with Crippen LogP contribution in [0.5, 0.6) is 5.75 Å². The van der Waals surface area contributed by atoms with Gasteiger partial charge in [0.05, 0.1) is 18.9 Å². The van der Waals surface area contributed by atoms with Crippen LogP contribution >= 0.6 is 0 Å². The van der Waals surface area contributed by atoms with Crippen LogP contribution in [-0.4, -0.2) is 38.1 Å². The SMILES string of the molecule is COc1cnc(-c2cncnc2)nc1C(=O)O. The van der Waals surface area contributed by atoms with Crippen molar-refractivity contribution in [2.45, 2.75) is 0 Å². The molecule has 0 aliphatic carbocycles. The second-order valence-electron chi connectivity index (χ2n) is 3.04. The summed E-state index contributed by atoms with van der Waals surface area (Å²) in [4.78, 5) is 26.5. The first-order valence-electron chi connectivity index (χ1n) is 4.62. The number of carbonyl (C=O) groups is 1. The maximum atomic E-state index is 11.0. The summed E-state index contributed by atoms with van der Waals surface area (Å²) in [6, 6.07) is 0. The van der Waals surface area contributed by atoms with Gasteiger partial charge in [-0.25, -0.2) is 24.7 Å². The molecule has 0 saturated carbocycles. The molecule has 0 fully saturated rings. The Labute approximate surface area is 96.2 Å². The van der Waals surface area contributed by atoms with Crippen LogP contribution in [0.25, 0.3) is 11.4 Å². The van der Waals surface area contributed by atoms with E-state index in [-0.39, 0.29) is 17.3 Å². The molecule has 86 valence electrons. The Balaban J connectivity index is 2.51. The molecule has 7 heteroatoms.